The van der Waals surface area contributed by atoms with Gasteiger partial charge in [-0.05, 0) is 58.4 Å². The Bertz CT molecular complexity index is 1360. The van der Waals surface area contributed by atoms with E-state index in [0.29, 0.717) is 31.0 Å². The topological polar surface area (TPSA) is 152 Å². The third-order valence-corrected chi connectivity index (χ3v) is 6.67. The molecule has 0 atom stereocenters. The van der Waals surface area contributed by atoms with E-state index in [1.54, 1.807) is 29.1 Å². The van der Waals surface area contributed by atoms with E-state index in [1.165, 1.54) is 6.20 Å². The standard InChI is InChI=1S/C27H36ClN7O3.C2HF3O2/c1-27(2,3)38-26(37)34(5)15-14-33(4)18-19-10-12-20(13-11-19)25(36)32-35(21-8-6-7-9-21)24-22(28)17-30-23(16-29)31-24;3-2(4,5)1(6)7/h10-13,17,21H,6-9,14-15,18H2,1-5H3,(H,32,36);(H,6,7). The fourth-order valence-corrected chi connectivity index (χ4v) is 4.32. The SMILES string of the molecule is CN(CCN(C)C(=O)OC(C)(C)C)Cc1ccc(C(=O)NN(c2nc(C#N)ncc2Cl)C2CCCC2)cc1.O=C(O)C(F)(F)F. The first-order valence-electron chi connectivity index (χ1n) is 14.0. The van der Waals surface area contributed by atoms with Crippen LogP contribution in [-0.4, -0.2) is 87.8 Å². The van der Waals surface area contributed by atoms with E-state index in [4.69, 9.17) is 26.2 Å². The Morgan fingerprint density at radius 1 is 1.11 bits per heavy atom. The van der Waals surface area contributed by atoms with Crippen molar-refractivity contribution >= 4 is 35.4 Å². The van der Waals surface area contributed by atoms with Crippen molar-refractivity contribution in [3.63, 3.8) is 0 Å². The predicted octanol–water partition coefficient (Wildman–Crippen LogP) is 5.03. The molecule has 12 nitrogen and oxygen atoms in total. The molecule has 3 rings (SSSR count). The molecule has 1 aromatic heterocycles. The van der Waals surface area contributed by atoms with Crippen LogP contribution in [0.2, 0.25) is 5.02 Å². The highest BCUT2D eigenvalue weighted by Crippen LogP contribution is 2.30. The van der Waals surface area contributed by atoms with Gasteiger partial charge in [-0.25, -0.2) is 14.6 Å². The quantitative estimate of drug-likeness (QED) is 0.352. The minimum Gasteiger partial charge on any atom is -0.475 e. The van der Waals surface area contributed by atoms with Crippen LogP contribution in [0.25, 0.3) is 0 Å². The van der Waals surface area contributed by atoms with Crippen LogP contribution >= 0.6 is 11.6 Å². The number of hydrogen-bond donors (Lipinski definition) is 2. The summed E-state index contributed by atoms with van der Waals surface area (Å²) >= 11 is 6.35. The zero-order valence-electron chi connectivity index (χ0n) is 25.7. The summed E-state index contributed by atoms with van der Waals surface area (Å²) in [4.78, 5) is 46.0. The van der Waals surface area contributed by atoms with E-state index in [0.717, 1.165) is 31.2 Å². The Balaban J connectivity index is 0.000000900. The van der Waals surface area contributed by atoms with Crippen molar-refractivity contribution in [2.75, 3.05) is 32.2 Å². The van der Waals surface area contributed by atoms with E-state index >= 15 is 0 Å². The molecule has 2 N–H and O–H groups in total. The first-order chi connectivity index (χ1) is 20.9. The van der Waals surface area contributed by atoms with Crippen LogP contribution in [0, 0.1) is 11.3 Å². The van der Waals surface area contributed by atoms with Crippen molar-refractivity contribution in [3.05, 3.63) is 52.4 Å². The van der Waals surface area contributed by atoms with Crippen LogP contribution < -0.4 is 10.4 Å². The lowest BCUT2D eigenvalue weighted by atomic mass is 10.1. The van der Waals surface area contributed by atoms with E-state index in [9.17, 15) is 28.0 Å². The molecule has 1 fully saturated rings. The summed E-state index contributed by atoms with van der Waals surface area (Å²) in [6, 6.07) is 9.34. The zero-order valence-corrected chi connectivity index (χ0v) is 26.4. The summed E-state index contributed by atoms with van der Waals surface area (Å²) in [6.45, 7) is 7.39. The van der Waals surface area contributed by atoms with Crippen molar-refractivity contribution in [2.24, 2.45) is 0 Å². The number of nitrogens with one attached hydrogen (secondary N) is 1. The molecule has 2 amide bonds. The smallest absolute Gasteiger partial charge is 0.475 e. The molecule has 1 aromatic carbocycles. The number of carboxylic acids is 1. The van der Waals surface area contributed by atoms with Crippen molar-refractivity contribution < 1.29 is 37.4 Å². The molecule has 0 aliphatic heterocycles. The Kier molecular flexibility index (Phi) is 13.4. The first-order valence-corrected chi connectivity index (χ1v) is 14.3. The monoisotopic (exact) mass is 655 g/mol. The number of aliphatic carboxylic acids is 1. The number of nitrogens with zero attached hydrogens (tertiary/aromatic N) is 6. The van der Waals surface area contributed by atoms with Gasteiger partial charge in [0.2, 0.25) is 5.82 Å². The van der Waals surface area contributed by atoms with Crippen LogP contribution in [0.3, 0.4) is 0 Å². The Labute approximate surface area is 264 Å². The lowest BCUT2D eigenvalue weighted by Crippen LogP contribution is -2.48. The van der Waals surface area contributed by atoms with Gasteiger partial charge < -0.3 is 19.6 Å². The fourth-order valence-electron chi connectivity index (χ4n) is 4.14. The number of anilines is 1. The number of nitriles is 1. The number of hydrogen-bond acceptors (Lipinski definition) is 9. The molecule has 1 aliphatic carbocycles. The van der Waals surface area contributed by atoms with Crippen molar-refractivity contribution in [3.8, 4) is 6.07 Å². The summed E-state index contributed by atoms with van der Waals surface area (Å²) in [6.07, 6.45) is -0.192. The Hall–Kier alpha value is -4.16. The summed E-state index contributed by atoms with van der Waals surface area (Å²) in [7, 11) is 3.70. The van der Waals surface area contributed by atoms with E-state index in [-0.39, 0.29) is 28.9 Å². The highest BCUT2D eigenvalue weighted by molar-refractivity contribution is 6.32. The summed E-state index contributed by atoms with van der Waals surface area (Å²) in [5.41, 5.74) is 3.96. The van der Waals surface area contributed by atoms with Crippen molar-refractivity contribution in [1.82, 2.24) is 25.2 Å². The van der Waals surface area contributed by atoms with Gasteiger partial charge in [-0.3, -0.25) is 15.2 Å². The Morgan fingerprint density at radius 3 is 2.20 bits per heavy atom. The second kappa shape index (κ2) is 16.2. The molecule has 16 heteroatoms. The summed E-state index contributed by atoms with van der Waals surface area (Å²) in [5.74, 6) is -2.73. The van der Waals surface area contributed by atoms with Crippen LogP contribution in [0.15, 0.2) is 30.5 Å². The molecule has 0 saturated heterocycles. The minimum atomic E-state index is -5.08. The maximum atomic E-state index is 13.2. The second-order valence-corrected chi connectivity index (χ2v) is 11.8. The number of halogens is 4. The number of carbonyl (C=O) groups is 3. The third-order valence-electron chi connectivity index (χ3n) is 6.40. The number of benzene rings is 1. The number of rotatable bonds is 9. The number of carbonyl (C=O) groups excluding carboxylic acids is 2. The molecule has 2 aromatic rings. The second-order valence-electron chi connectivity index (χ2n) is 11.4. The number of aromatic nitrogens is 2. The number of carboxylic acid groups (broad SMARTS) is 1. The van der Waals surface area contributed by atoms with Gasteiger partial charge in [0.15, 0.2) is 5.82 Å². The molecular formula is C29H37ClF3N7O5. The van der Waals surface area contributed by atoms with Gasteiger partial charge >= 0.3 is 18.2 Å². The molecule has 246 valence electrons. The van der Waals surface area contributed by atoms with Crippen LogP contribution in [-0.2, 0) is 16.1 Å². The number of ether oxygens (including phenoxy) is 1. The van der Waals surface area contributed by atoms with Crippen LogP contribution in [0.4, 0.5) is 23.8 Å². The average molecular weight is 656 g/mol. The molecular weight excluding hydrogens is 619 g/mol. The van der Waals surface area contributed by atoms with Crippen molar-refractivity contribution in [2.45, 2.75) is 70.8 Å². The van der Waals surface area contributed by atoms with Gasteiger partial charge in [0, 0.05) is 32.2 Å². The lowest BCUT2D eigenvalue weighted by molar-refractivity contribution is -0.192. The summed E-state index contributed by atoms with van der Waals surface area (Å²) < 4.78 is 37.1. The number of hydrazine groups is 1. The van der Waals surface area contributed by atoms with Crippen LogP contribution in [0.1, 0.15) is 68.2 Å². The highest BCUT2D eigenvalue weighted by atomic mass is 35.5. The fraction of sp³-hybridized carbons (Fsp3) is 0.517. The molecule has 0 radical (unpaired) electrons. The molecule has 1 saturated carbocycles. The minimum absolute atomic E-state index is 0.00703. The largest absolute Gasteiger partial charge is 0.490 e. The van der Waals surface area contributed by atoms with Gasteiger partial charge in [0.1, 0.15) is 16.7 Å². The number of alkyl halides is 3. The maximum Gasteiger partial charge on any atom is 0.490 e. The number of likely N-dealkylation sites (N-methyl/N-ethyl adjacent to an activating group) is 2. The molecule has 1 heterocycles. The maximum absolute atomic E-state index is 13.2. The van der Waals surface area contributed by atoms with Crippen LogP contribution in [0.5, 0.6) is 0 Å². The zero-order chi connectivity index (χ0) is 33.9. The summed E-state index contributed by atoms with van der Waals surface area (Å²) in [5, 5.41) is 18.3. The van der Waals surface area contributed by atoms with Gasteiger partial charge in [0.05, 0.1) is 12.2 Å². The first kappa shape index (κ1) is 37.0. The van der Waals surface area contributed by atoms with Gasteiger partial charge in [-0.1, -0.05) is 36.6 Å². The highest BCUT2D eigenvalue weighted by Gasteiger charge is 2.38. The molecule has 0 spiro atoms. The molecule has 0 bridgehead atoms. The lowest BCUT2D eigenvalue weighted by Gasteiger charge is -2.30. The van der Waals surface area contributed by atoms with Gasteiger partial charge in [0.25, 0.3) is 5.91 Å². The number of amides is 2. The van der Waals surface area contributed by atoms with E-state index < -0.39 is 17.7 Å². The molecule has 45 heavy (non-hydrogen) atoms. The molecule has 1 aliphatic rings. The van der Waals surface area contributed by atoms with Crippen molar-refractivity contribution in [1.29, 1.82) is 5.26 Å². The third kappa shape index (κ3) is 12.4. The Morgan fingerprint density at radius 2 is 1.69 bits per heavy atom. The normalized spacial score (nSPS) is 13.4. The van der Waals surface area contributed by atoms with Gasteiger partial charge in [-0.15, -0.1) is 0 Å². The molecule has 0 unspecified atom stereocenters. The van der Waals surface area contributed by atoms with Gasteiger partial charge in [-0.2, -0.15) is 23.4 Å². The van der Waals surface area contributed by atoms with E-state index in [1.807, 2.05) is 46.0 Å². The van der Waals surface area contributed by atoms with E-state index in [2.05, 4.69) is 20.3 Å². The predicted molar refractivity (Wildman–Crippen MR) is 159 cm³/mol. The average Bonchev–Trinajstić information content (AvgIpc) is 3.49.